The number of ether oxygens (including phenoxy) is 1. The number of benzene rings is 1. The summed E-state index contributed by atoms with van der Waals surface area (Å²) in [5.41, 5.74) is 5.43. The van der Waals surface area contributed by atoms with Crippen LogP contribution in [0.15, 0.2) is 24.3 Å². The molecule has 0 aliphatic heterocycles. The molecule has 0 radical (unpaired) electrons. The molecule has 2 N–H and O–H groups in total. The molecule has 0 saturated heterocycles. The summed E-state index contributed by atoms with van der Waals surface area (Å²) in [4.78, 5) is 21.3. The quantitative estimate of drug-likeness (QED) is 0.749. The van der Waals surface area contributed by atoms with Crippen molar-refractivity contribution in [3.05, 3.63) is 52.6 Å². The van der Waals surface area contributed by atoms with Gasteiger partial charge in [-0.25, -0.2) is 9.97 Å². The molecule has 124 valence electrons. The van der Waals surface area contributed by atoms with E-state index in [0.29, 0.717) is 18.7 Å². The smallest absolute Gasteiger partial charge is 0.251 e. The molecule has 1 aromatic carbocycles. The van der Waals surface area contributed by atoms with E-state index in [1.807, 2.05) is 26.0 Å². The number of hydrogen-bond acceptors (Lipinski definition) is 5. The summed E-state index contributed by atoms with van der Waals surface area (Å²) in [5.74, 6) is -0.167. The Morgan fingerprint density at radius 3 is 2.67 bits per heavy atom. The van der Waals surface area contributed by atoms with E-state index in [4.69, 9.17) is 4.74 Å². The average Bonchev–Trinajstić information content (AvgIpc) is 3.01. The number of methoxy groups -OCH3 is 1. The SMILES string of the molecule is COCc1cc(CNC(=O)c2ccc3nc(C)c(C)nc3c2)[nH]n1. The molecule has 0 aliphatic rings. The van der Waals surface area contributed by atoms with Gasteiger partial charge in [0.15, 0.2) is 0 Å². The lowest BCUT2D eigenvalue weighted by Gasteiger charge is -2.06. The maximum absolute atomic E-state index is 12.3. The molecule has 0 fully saturated rings. The third kappa shape index (κ3) is 3.41. The Kier molecular flexibility index (Phi) is 4.52. The number of aromatic amines is 1. The second-order valence-electron chi connectivity index (χ2n) is 5.60. The summed E-state index contributed by atoms with van der Waals surface area (Å²) in [6.45, 7) is 4.63. The van der Waals surface area contributed by atoms with Crippen LogP contribution in [0.25, 0.3) is 11.0 Å². The Hall–Kier alpha value is -2.80. The van der Waals surface area contributed by atoms with E-state index >= 15 is 0 Å². The lowest BCUT2D eigenvalue weighted by atomic mass is 10.1. The summed E-state index contributed by atoms with van der Waals surface area (Å²) in [6, 6.07) is 7.19. The van der Waals surface area contributed by atoms with Gasteiger partial charge in [0.1, 0.15) is 0 Å². The van der Waals surface area contributed by atoms with Crippen molar-refractivity contribution in [2.24, 2.45) is 0 Å². The lowest BCUT2D eigenvalue weighted by molar-refractivity contribution is 0.0950. The minimum atomic E-state index is -0.167. The van der Waals surface area contributed by atoms with Crippen molar-refractivity contribution >= 4 is 16.9 Å². The molecule has 1 amide bonds. The molecule has 2 aromatic heterocycles. The predicted molar refractivity (Wildman–Crippen MR) is 89.5 cm³/mol. The van der Waals surface area contributed by atoms with Gasteiger partial charge >= 0.3 is 0 Å². The number of rotatable bonds is 5. The van der Waals surface area contributed by atoms with Crippen LogP contribution in [-0.2, 0) is 17.9 Å². The van der Waals surface area contributed by atoms with Gasteiger partial charge in [-0.05, 0) is 38.1 Å². The van der Waals surface area contributed by atoms with Crippen molar-refractivity contribution in [2.45, 2.75) is 27.0 Å². The van der Waals surface area contributed by atoms with Gasteiger partial charge in [-0.15, -0.1) is 0 Å². The van der Waals surface area contributed by atoms with Crippen LogP contribution < -0.4 is 5.32 Å². The van der Waals surface area contributed by atoms with Crippen molar-refractivity contribution in [3.8, 4) is 0 Å². The number of fused-ring (bicyclic) bond motifs is 1. The van der Waals surface area contributed by atoms with Gasteiger partial charge in [0, 0.05) is 12.7 Å². The Labute approximate surface area is 139 Å². The van der Waals surface area contributed by atoms with Crippen LogP contribution in [0.3, 0.4) is 0 Å². The first-order chi connectivity index (χ1) is 11.6. The third-order valence-electron chi connectivity index (χ3n) is 3.75. The third-order valence-corrected chi connectivity index (χ3v) is 3.75. The van der Waals surface area contributed by atoms with Crippen LogP contribution >= 0.6 is 0 Å². The first-order valence-corrected chi connectivity index (χ1v) is 7.62. The summed E-state index contributed by atoms with van der Waals surface area (Å²) in [6.07, 6.45) is 0. The van der Waals surface area contributed by atoms with Crippen molar-refractivity contribution in [2.75, 3.05) is 7.11 Å². The molecule has 3 aromatic rings. The highest BCUT2D eigenvalue weighted by atomic mass is 16.5. The molecule has 0 saturated carbocycles. The highest BCUT2D eigenvalue weighted by molar-refractivity contribution is 5.97. The maximum atomic E-state index is 12.3. The zero-order valence-corrected chi connectivity index (χ0v) is 13.9. The molecule has 0 aliphatic carbocycles. The van der Waals surface area contributed by atoms with Crippen LogP contribution in [-0.4, -0.2) is 33.2 Å². The molecule has 0 unspecified atom stereocenters. The highest BCUT2D eigenvalue weighted by Gasteiger charge is 2.09. The zero-order valence-electron chi connectivity index (χ0n) is 13.9. The predicted octanol–water partition coefficient (Wildman–Crippen LogP) is 2.05. The van der Waals surface area contributed by atoms with Crippen molar-refractivity contribution < 1.29 is 9.53 Å². The molecule has 7 nitrogen and oxygen atoms in total. The highest BCUT2D eigenvalue weighted by Crippen LogP contribution is 2.14. The number of amides is 1. The van der Waals surface area contributed by atoms with Crippen LogP contribution in [0.4, 0.5) is 0 Å². The fourth-order valence-corrected chi connectivity index (χ4v) is 2.37. The zero-order chi connectivity index (χ0) is 17.1. The van der Waals surface area contributed by atoms with E-state index in [1.54, 1.807) is 19.2 Å². The number of aromatic nitrogens is 4. The van der Waals surface area contributed by atoms with E-state index in [-0.39, 0.29) is 5.91 Å². The Morgan fingerprint density at radius 1 is 1.17 bits per heavy atom. The van der Waals surface area contributed by atoms with Crippen LogP contribution in [0.5, 0.6) is 0 Å². The van der Waals surface area contributed by atoms with Crippen LogP contribution in [0.1, 0.15) is 33.1 Å². The van der Waals surface area contributed by atoms with Gasteiger partial charge < -0.3 is 10.1 Å². The monoisotopic (exact) mass is 325 g/mol. The fraction of sp³-hybridized carbons (Fsp3) is 0.294. The summed E-state index contributed by atoms with van der Waals surface area (Å²) >= 11 is 0. The summed E-state index contributed by atoms with van der Waals surface area (Å²) in [7, 11) is 1.61. The second kappa shape index (κ2) is 6.76. The largest absolute Gasteiger partial charge is 0.378 e. The minimum Gasteiger partial charge on any atom is -0.378 e. The van der Waals surface area contributed by atoms with Crippen LogP contribution in [0, 0.1) is 13.8 Å². The van der Waals surface area contributed by atoms with Crippen molar-refractivity contribution in [1.82, 2.24) is 25.5 Å². The number of nitrogens with one attached hydrogen (secondary N) is 2. The molecule has 2 heterocycles. The molecule has 7 heteroatoms. The van der Waals surface area contributed by atoms with E-state index in [1.165, 1.54) is 0 Å². The minimum absolute atomic E-state index is 0.167. The molecular formula is C17H19N5O2. The van der Waals surface area contributed by atoms with Crippen LogP contribution in [0.2, 0.25) is 0 Å². The van der Waals surface area contributed by atoms with Crippen molar-refractivity contribution in [3.63, 3.8) is 0 Å². The first-order valence-electron chi connectivity index (χ1n) is 7.62. The van der Waals surface area contributed by atoms with Gasteiger partial charge in [0.25, 0.3) is 5.91 Å². The number of hydrogen-bond donors (Lipinski definition) is 2. The molecule has 24 heavy (non-hydrogen) atoms. The lowest BCUT2D eigenvalue weighted by Crippen LogP contribution is -2.23. The number of carbonyl (C=O) groups is 1. The van der Waals surface area contributed by atoms with E-state index in [2.05, 4.69) is 25.5 Å². The maximum Gasteiger partial charge on any atom is 0.251 e. The first kappa shape index (κ1) is 16.1. The van der Waals surface area contributed by atoms with Gasteiger partial charge in [-0.1, -0.05) is 0 Å². The summed E-state index contributed by atoms with van der Waals surface area (Å²) in [5, 5.41) is 9.83. The van der Waals surface area contributed by atoms with E-state index < -0.39 is 0 Å². The van der Waals surface area contributed by atoms with Gasteiger partial charge in [0.2, 0.25) is 0 Å². The van der Waals surface area contributed by atoms with Gasteiger partial charge in [-0.3, -0.25) is 9.89 Å². The van der Waals surface area contributed by atoms with E-state index in [0.717, 1.165) is 33.8 Å². The fourth-order valence-electron chi connectivity index (χ4n) is 2.37. The topological polar surface area (TPSA) is 92.8 Å². The molecule has 0 spiro atoms. The number of H-pyrrole nitrogens is 1. The van der Waals surface area contributed by atoms with Crippen molar-refractivity contribution in [1.29, 1.82) is 0 Å². The average molecular weight is 325 g/mol. The Bertz CT molecular complexity index is 888. The Balaban J connectivity index is 1.72. The van der Waals surface area contributed by atoms with Gasteiger partial charge in [-0.2, -0.15) is 5.10 Å². The molecule has 3 rings (SSSR count). The number of aryl methyl sites for hydroxylation is 2. The van der Waals surface area contributed by atoms with E-state index in [9.17, 15) is 4.79 Å². The second-order valence-corrected chi connectivity index (χ2v) is 5.60. The normalized spacial score (nSPS) is 11.0. The Morgan fingerprint density at radius 2 is 1.92 bits per heavy atom. The number of nitrogens with zero attached hydrogens (tertiary/aromatic N) is 3. The van der Waals surface area contributed by atoms with Gasteiger partial charge in [0.05, 0.1) is 47.0 Å². The number of carbonyl (C=O) groups excluding carboxylic acids is 1. The molecule has 0 bridgehead atoms. The summed E-state index contributed by atoms with van der Waals surface area (Å²) < 4.78 is 5.01. The molecule has 0 atom stereocenters. The standard InChI is InChI=1S/C17H19N5O2/c1-10-11(2)20-16-6-12(4-5-15(16)19-10)17(23)18-8-13-7-14(9-24-3)22-21-13/h4-7H,8-9H2,1-3H3,(H,18,23)(H,21,22). The molecular weight excluding hydrogens is 306 g/mol.